The van der Waals surface area contributed by atoms with Crippen molar-refractivity contribution in [2.24, 2.45) is 0 Å². The van der Waals surface area contributed by atoms with Crippen LogP contribution < -0.4 is 0 Å². The summed E-state index contributed by atoms with van der Waals surface area (Å²) in [5.41, 5.74) is 0.873. The molecule has 0 saturated carbocycles. The lowest BCUT2D eigenvalue weighted by atomic mass is 10.2. The van der Waals surface area contributed by atoms with Crippen molar-refractivity contribution < 1.29 is 9.15 Å². The van der Waals surface area contributed by atoms with E-state index in [1.807, 2.05) is 13.8 Å². The minimum Gasteiger partial charge on any atom is -0.448 e. The lowest BCUT2D eigenvalue weighted by Crippen LogP contribution is -2.02. The molecule has 3 heteroatoms. The zero-order chi connectivity index (χ0) is 9.84. The van der Waals surface area contributed by atoms with Crippen LogP contribution in [0.5, 0.6) is 0 Å². The average Bonchev–Trinajstić information content (AvgIpc) is 2.48. The van der Waals surface area contributed by atoms with E-state index in [0.29, 0.717) is 12.5 Å². The first-order valence-electron chi connectivity index (χ1n) is 4.65. The molecule has 74 valence electrons. The zero-order valence-electron chi connectivity index (χ0n) is 8.70. The van der Waals surface area contributed by atoms with Gasteiger partial charge in [0.15, 0.2) is 5.89 Å². The topological polar surface area (TPSA) is 35.3 Å². The Balaban J connectivity index is 2.49. The zero-order valence-corrected chi connectivity index (χ0v) is 8.70. The van der Waals surface area contributed by atoms with E-state index >= 15 is 0 Å². The van der Waals surface area contributed by atoms with Crippen molar-refractivity contribution in [1.29, 1.82) is 0 Å². The van der Waals surface area contributed by atoms with Gasteiger partial charge >= 0.3 is 0 Å². The molecular weight excluding hydrogens is 166 g/mol. The molecule has 13 heavy (non-hydrogen) atoms. The number of hydrogen-bond donors (Lipinski definition) is 0. The van der Waals surface area contributed by atoms with Crippen molar-refractivity contribution in [3.05, 3.63) is 17.8 Å². The highest BCUT2D eigenvalue weighted by atomic mass is 16.5. The molecule has 0 fully saturated rings. The fourth-order valence-corrected chi connectivity index (χ4v) is 0.906. The molecule has 1 aromatic heterocycles. The van der Waals surface area contributed by atoms with Crippen molar-refractivity contribution in [1.82, 2.24) is 4.98 Å². The van der Waals surface area contributed by atoms with Gasteiger partial charge in [0.05, 0.1) is 12.7 Å². The number of rotatable bonds is 4. The Labute approximate surface area is 79.1 Å². The summed E-state index contributed by atoms with van der Waals surface area (Å²) in [6, 6.07) is 0. The van der Waals surface area contributed by atoms with Crippen LogP contribution in [-0.4, -0.2) is 11.1 Å². The van der Waals surface area contributed by atoms with Gasteiger partial charge in [-0.15, -0.1) is 0 Å². The Morgan fingerprint density at radius 3 is 2.54 bits per heavy atom. The van der Waals surface area contributed by atoms with Crippen LogP contribution in [0.15, 0.2) is 10.7 Å². The van der Waals surface area contributed by atoms with Crippen molar-refractivity contribution in [3.8, 4) is 0 Å². The standard InChI is InChI=1S/C10H17NO2/c1-7(2)10-11-9(6-13-10)5-12-8(3)4/h6-8H,5H2,1-4H3. The monoisotopic (exact) mass is 183 g/mol. The lowest BCUT2D eigenvalue weighted by molar-refractivity contribution is 0.0635. The first kappa shape index (κ1) is 10.3. The van der Waals surface area contributed by atoms with Gasteiger partial charge in [-0.05, 0) is 13.8 Å². The Bertz CT molecular complexity index is 253. The summed E-state index contributed by atoms with van der Waals surface area (Å²) in [4.78, 5) is 4.29. The molecule has 0 bridgehead atoms. The van der Waals surface area contributed by atoms with Gasteiger partial charge in [0.25, 0.3) is 0 Å². The van der Waals surface area contributed by atoms with Crippen molar-refractivity contribution >= 4 is 0 Å². The molecule has 0 saturated heterocycles. The number of ether oxygens (including phenoxy) is 1. The maximum absolute atomic E-state index is 5.40. The van der Waals surface area contributed by atoms with E-state index in [1.54, 1.807) is 6.26 Å². The maximum Gasteiger partial charge on any atom is 0.196 e. The minimum absolute atomic E-state index is 0.235. The molecule has 1 heterocycles. The van der Waals surface area contributed by atoms with Crippen LogP contribution in [0.25, 0.3) is 0 Å². The summed E-state index contributed by atoms with van der Waals surface area (Å²) in [6.07, 6.45) is 1.90. The normalized spacial score (nSPS) is 11.5. The predicted molar refractivity (Wildman–Crippen MR) is 50.5 cm³/mol. The van der Waals surface area contributed by atoms with E-state index in [9.17, 15) is 0 Å². The summed E-state index contributed by atoms with van der Waals surface area (Å²) in [6.45, 7) is 8.65. The van der Waals surface area contributed by atoms with Crippen LogP contribution in [0.1, 0.15) is 45.2 Å². The first-order valence-corrected chi connectivity index (χ1v) is 4.65. The number of nitrogens with zero attached hydrogens (tertiary/aromatic N) is 1. The molecule has 0 spiro atoms. The quantitative estimate of drug-likeness (QED) is 0.720. The molecule has 0 aromatic carbocycles. The van der Waals surface area contributed by atoms with E-state index in [0.717, 1.165) is 11.6 Å². The molecule has 1 aromatic rings. The largest absolute Gasteiger partial charge is 0.448 e. The van der Waals surface area contributed by atoms with E-state index in [4.69, 9.17) is 9.15 Å². The summed E-state index contributed by atoms with van der Waals surface area (Å²) >= 11 is 0. The second-order valence-corrected chi connectivity index (χ2v) is 3.69. The van der Waals surface area contributed by atoms with Crippen LogP contribution in [0.3, 0.4) is 0 Å². The highest BCUT2D eigenvalue weighted by Crippen LogP contribution is 2.13. The summed E-state index contributed by atoms with van der Waals surface area (Å²) in [7, 11) is 0. The summed E-state index contributed by atoms with van der Waals surface area (Å²) < 4.78 is 10.7. The Morgan fingerprint density at radius 1 is 1.38 bits per heavy atom. The summed E-state index contributed by atoms with van der Waals surface area (Å²) in [5.74, 6) is 1.12. The minimum atomic E-state index is 0.235. The van der Waals surface area contributed by atoms with E-state index in [-0.39, 0.29) is 6.10 Å². The Kier molecular flexibility index (Phi) is 3.48. The second kappa shape index (κ2) is 4.42. The highest BCUT2D eigenvalue weighted by Gasteiger charge is 2.07. The molecule has 0 aliphatic carbocycles. The summed E-state index contributed by atoms with van der Waals surface area (Å²) in [5, 5.41) is 0. The fraction of sp³-hybridized carbons (Fsp3) is 0.700. The first-order chi connectivity index (χ1) is 6.09. The smallest absolute Gasteiger partial charge is 0.196 e. The van der Waals surface area contributed by atoms with Crippen LogP contribution >= 0.6 is 0 Å². The molecule has 0 unspecified atom stereocenters. The fourth-order valence-electron chi connectivity index (χ4n) is 0.906. The SMILES string of the molecule is CC(C)OCc1coc(C(C)C)n1. The van der Waals surface area contributed by atoms with Crippen LogP contribution in [0.4, 0.5) is 0 Å². The molecule has 0 aliphatic rings. The number of aromatic nitrogens is 1. The van der Waals surface area contributed by atoms with Gasteiger partial charge in [0.1, 0.15) is 12.0 Å². The van der Waals surface area contributed by atoms with Gasteiger partial charge in [-0.1, -0.05) is 13.8 Å². The molecule has 0 aliphatic heterocycles. The molecule has 0 radical (unpaired) electrons. The van der Waals surface area contributed by atoms with Gasteiger partial charge in [-0.25, -0.2) is 4.98 Å². The van der Waals surface area contributed by atoms with Gasteiger partial charge in [0.2, 0.25) is 0 Å². The Morgan fingerprint density at radius 2 is 2.08 bits per heavy atom. The second-order valence-electron chi connectivity index (χ2n) is 3.69. The van der Waals surface area contributed by atoms with Crippen LogP contribution in [0.2, 0.25) is 0 Å². The number of oxazole rings is 1. The third-order valence-corrected chi connectivity index (χ3v) is 1.63. The highest BCUT2D eigenvalue weighted by molar-refractivity contribution is 4.97. The van der Waals surface area contributed by atoms with Gasteiger partial charge < -0.3 is 9.15 Å². The number of hydrogen-bond acceptors (Lipinski definition) is 3. The maximum atomic E-state index is 5.40. The van der Waals surface area contributed by atoms with Crippen LogP contribution in [-0.2, 0) is 11.3 Å². The molecule has 0 amide bonds. The molecule has 3 nitrogen and oxygen atoms in total. The van der Waals surface area contributed by atoms with E-state index in [2.05, 4.69) is 18.8 Å². The molecule has 1 rings (SSSR count). The molecule has 0 atom stereocenters. The van der Waals surface area contributed by atoms with Crippen LogP contribution in [0, 0.1) is 0 Å². The Hall–Kier alpha value is -0.830. The predicted octanol–water partition coefficient (Wildman–Crippen LogP) is 2.72. The van der Waals surface area contributed by atoms with Crippen molar-refractivity contribution in [2.45, 2.75) is 46.3 Å². The van der Waals surface area contributed by atoms with E-state index < -0.39 is 0 Å². The van der Waals surface area contributed by atoms with Gasteiger partial charge in [-0.2, -0.15) is 0 Å². The lowest BCUT2D eigenvalue weighted by Gasteiger charge is -2.03. The average molecular weight is 183 g/mol. The molecular formula is C10H17NO2. The van der Waals surface area contributed by atoms with Gasteiger partial charge in [0, 0.05) is 5.92 Å². The molecule has 0 N–H and O–H groups in total. The van der Waals surface area contributed by atoms with Crippen molar-refractivity contribution in [2.75, 3.05) is 0 Å². The third-order valence-electron chi connectivity index (χ3n) is 1.63. The third kappa shape index (κ3) is 3.19. The van der Waals surface area contributed by atoms with E-state index in [1.165, 1.54) is 0 Å². The van der Waals surface area contributed by atoms with Crippen molar-refractivity contribution in [3.63, 3.8) is 0 Å². The van der Waals surface area contributed by atoms with Gasteiger partial charge in [-0.3, -0.25) is 0 Å².